The summed E-state index contributed by atoms with van der Waals surface area (Å²) in [6, 6.07) is 14.0. The summed E-state index contributed by atoms with van der Waals surface area (Å²) in [4.78, 5) is 26.6. The Balaban J connectivity index is 1.79. The zero-order valence-electron chi connectivity index (χ0n) is 17.6. The van der Waals surface area contributed by atoms with Crippen LogP contribution in [0.4, 0.5) is 5.69 Å². The van der Waals surface area contributed by atoms with Gasteiger partial charge in [0, 0.05) is 28.3 Å². The third-order valence-electron chi connectivity index (χ3n) is 5.82. The molecule has 2 aromatic rings. The first kappa shape index (κ1) is 21.4. The molecule has 3 atom stereocenters. The number of rotatable bonds is 5. The highest BCUT2D eigenvalue weighted by Crippen LogP contribution is 2.35. The smallest absolute Gasteiger partial charge is 0.251 e. The summed E-state index contributed by atoms with van der Waals surface area (Å²) >= 11 is 1.58. The zero-order valence-corrected chi connectivity index (χ0v) is 18.4. The van der Waals surface area contributed by atoms with Gasteiger partial charge in [-0.1, -0.05) is 56.1 Å². The molecule has 154 valence electrons. The van der Waals surface area contributed by atoms with E-state index < -0.39 is 0 Å². The number of hydrogen-bond donors (Lipinski definition) is 2. The number of benzene rings is 2. The molecule has 1 aliphatic rings. The molecular formula is C24H30N2O2S. The van der Waals surface area contributed by atoms with Crippen molar-refractivity contribution in [3.05, 3.63) is 53.6 Å². The lowest BCUT2D eigenvalue weighted by Gasteiger charge is -2.34. The quantitative estimate of drug-likeness (QED) is 0.669. The van der Waals surface area contributed by atoms with Crippen LogP contribution in [0.25, 0.3) is 0 Å². The van der Waals surface area contributed by atoms with Crippen molar-refractivity contribution in [2.24, 2.45) is 11.8 Å². The van der Waals surface area contributed by atoms with Crippen molar-refractivity contribution >= 4 is 29.3 Å². The van der Waals surface area contributed by atoms with Crippen molar-refractivity contribution in [2.45, 2.75) is 62.8 Å². The molecule has 1 aliphatic carbocycles. The summed E-state index contributed by atoms with van der Waals surface area (Å²) in [5.41, 5.74) is 2.45. The summed E-state index contributed by atoms with van der Waals surface area (Å²) < 4.78 is 0. The van der Waals surface area contributed by atoms with Gasteiger partial charge in [-0.2, -0.15) is 0 Å². The average molecular weight is 411 g/mol. The van der Waals surface area contributed by atoms with Crippen LogP contribution in [-0.4, -0.2) is 17.9 Å². The molecule has 0 aliphatic heterocycles. The molecule has 5 heteroatoms. The van der Waals surface area contributed by atoms with Crippen molar-refractivity contribution in [2.75, 3.05) is 5.32 Å². The number of amides is 2. The highest BCUT2D eigenvalue weighted by Gasteiger charge is 2.28. The maximum atomic E-state index is 12.9. The highest BCUT2D eigenvalue weighted by molar-refractivity contribution is 7.99. The second-order valence-electron chi connectivity index (χ2n) is 8.15. The van der Waals surface area contributed by atoms with Crippen molar-refractivity contribution in [3.8, 4) is 0 Å². The fourth-order valence-electron chi connectivity index (χ4n) is 3.82. The molecule has 2 amide bonds. The SMILES string of the molecule is CC(=O)Nc1cc(C(=O)N[C@@H]2CCC[C@H](C)[C@H]2C)ccc1Sc1ccc(C)cc1. The first-order valence-corrected chi connectivity index (χ1v) is 11.1. The Hall–Kier alpha value is -2.27. The molecule has 1 saturated carbocycles. The molecule has 0 unspecified atom stereocenters. The Morgan fingerprint density at radius 1 is 1.03 bits per heavy atom. The summed E-state index contributed by atoms with van der Waals surface area (Å²) in [6.07, 6.45) is 3.40. The van der Waals surface area contributed by atoms with E-state index in [-0.39, 0.29) is 17.9 Å². The summed E-state index contributed by atoms with van der Waals surface area (Å²) in [6.45, 7) is 8.02. The molecule has 0 saturated heterocycles. The van der Waals surface area contributed by atoms with Crippen LogP contribution in [0.2, 0.25) is 0 Å². The van der Waals surface area contributed by atoms with E-state index in [0.29, 0.717) is 23.1 Å². The molecule has 0 radical (unpaired) electrons. The second kappa shape index (κ2) is 9.49. The Morgan fingerprint density at radius 2 is 1.76 bits per heavy atom. The Morgan fingerprint density at radius 3 is 2.45 bits per heavy atom. The first-order valence-electron chi connectivity index (χ1n) is 10.3. The van der Waals surface area contributed by atoms with E-state index in [1.165, 1.54) is 18.9 Å². The maximum absolute atomic E-state index is 12.9. The molecule has 3 rings (SSSR count). The van der Waals surface area contributed by atoms with Crippen LogP contribution in [0, 0.1) is 18.8 Å². The van der Waals surface area contributed by atoms with Gasteiger partial charge in [0.2, 0.25) is 5.91 Å². The van der Waals surface area contributed by atoms with E-state index in [9.17, 15) is 9.59 Å². The molecule has 0 spiro atoms. The van der Waals surface area contributed by atoms with Crippen LogP contribution in [0.15, 0.2) is 52.3 Å². The third-order valence-corrected chi connectivity index (χ3v) is 6.91. The van der Waals surface area contributed by atoms with E-state index in [1.54, 1.807) is 17.8 Å². The van der Waals surface area contributed by atoms with Gasteiger partial charge in [0.1, 0.15) is 0 Å². The van der Waals surface area contributed by atoms with Gasteiger partial charge < -0.3 is 10.6 Å². The Bertz CT molecular complexity index is 879. The Kier molecular flexibility index (Phi) is 7.01. The normalized spacial score (nSPS) is 21.4. The molecule has 4 nitrogen and oxygen atoms in total. The highest BCUT2D eigenvalue weighted by atomic mass is 32.2. The lowest BCUT2D eigenvalue weighted by atomic mass is 9.78. The van der Waals surface area contributed by atoms with Gasteiger partial charge >= 0.3 is 0 Å². The summed E-state index contributed by atoms with van der Waals surface area (Å²) in [5.74, 6) is 0.869. The largest absolute Gasteiger partial charge is 0.349 e. The van der Waals surface area contributed by atoms with Gasteiger partial charge in [-0.05, 0) is 55.5 Å². The molecule has 1 fully saturated rings. The maximum Gasteiger partial charge on any atom is 0.251 e. The summed E-state index contributed by atoms with van der Waals surface area (Å²) in [5, 5.41) is 6.09. The van der Waals surface area contributed by atoms with Crippen LogP contribution in [0.3, 0.4) is 0 Å². The summed E-state index contributed by atoms with van der Waals surface area (Å²) in [7, 11) is 0. The third kappa shape index (κ3) is 5.63. The number of anilines is 1. The van der Waals surface area contributed by atoms with Crippen LogP contribution in [0.5, 0.6) is 0 Å². The van der Waals surface area contributed by atoms with Crippen molar-refractivity contribution in [1.82, 2.24) is 5.32 Å². The monoisotopic (exact) mass is 410 g/mol. The van der Waals surface area contributed by atoms with Crippen molar-refractivity contribution < 1.29 is 9.59 Å². The molecule has 0 heterocycles. The molecule has 2 aromatic carbocycles. The minimum Gasteiger partial charge on any atom is -0.349 e. The molecule has 2 N–H and O–H groups in total. The number of carbonyl (C=O) groups excluding carboxylic acids is 2. The van der Waals surface area contributed by atoms with Gasteiger partial charge in [0.05, 0.1) is 5.69 Å². The van der Waals surface area contributed by atoms with Gasteiger partial charge in [-0.3, -0.25) is 9.59 Å². The van der Waals surface area contributed by atoms with Gasteiger partial charge in [0.25, 0.3) is 5.91 Å². The van der Waals surface area contributed by atoms with Crippen LogP contribution in [0.1, 0.15) is 56.0 Å². The minimum atomic E-state index is -0.150. The van der Waals surface area contributed by atoms with E-state index in [2.05, 4.69) is 55.7 Å². The fourth-order valence-corrected chi connectivity index (χ4v) is 4.70. The van der Waals surface area contributed by atoms with Gasteiger partial charge in [-0.15, -0.1) is 0 Å². The van der Waals surface area contributed by atoms with Crippen LogP contribution >= 0.6 is 11.8 Å². The molecule has 0 aromatic heterocycles. The van der Waals surface area contributed by atoms with Crippen molar-refractivity contribution in [3.63, 3.8) is 0 Å². The lowest BCUT2D eigenvalue weighted by molar-refractivity contribution is -0.114. The van der Waals surface area contributed by atoms with Crippen molar-refractivity contribution in [1.29, 1.82) is 0 Å². The topological polar surface area (TPSA) is 58.2 Å². The van der Waals surface area contributed by atoms with E-state index in [1.807, 2.05) is 12.1 Å². The molecule has 0 bridgehead atoms. The molecule has 29 heavy (non-hydrogen) atoms. The van der Waals surface area contributed by atoms with Gasteiger partial charge in [-0.25, -0.2) is 0 Å². The van der Waals surface area contributed by atoms with E-state index in [4.69, 9.17) is 0 Å². The lowest BCUT2D eigenvalue weighted by Crippen LogP contribution is -2.43. The predicted molar refractivity (Wildman–Crippen MR) is 119 cm³/mol. The van der Waals surface area contributed by atoms with Gasteiger partial charge in [0.15, 0.2) is 0 Å². The minimum absolute atomic E-state index is 0.0746. The number of aryl methyl sites for hydroxylation is 1. The predicted octanol–water partition coefficient (Wildman–Crippen LogP) is 5.66. The number of nitrogens with one attached hydrogen (secondary N) is 2. The first-order chi connectivity index (χ1) is 13.8. The Labute approximate surface area is 177 Å². The number of carbonyl (C=O) groups is 2. The fraction of sp³-hybridized carbons (Fsp3) is 0.417. The number of hydrogen-bond acceptors (Lipinski definition) is 3. The average Bonchev–Trinajstić information content (AvgIpc) is 2.68. The second-order valence-corrected chi connectivity index (χ2v) is 9.27. The van der Waals surface area contributed by atoms with E-state index >= 15 is 0 Å². The standard InChI is InChI=1S/C24H30N2O2S/c1-15-8-11-20(12-9-15)29-23-13-10-19(14-22(23)25-18(4)27)24(28)26-21-7-5-6-16(2)17(21)3/h8-14,16-17,21H,5-7H2,1-4H3,(H,25,27)(H,26,28)/t16-,17+,21+/m0/s1. The zero-order chi connectivity index (χ0) is 21.0. The molecular weight excluding hydrogens is 380 g/mol. The van der Waals surface area contributed by atoms with E-state index in [0.717, 1.165) is 22.6 Å². The van der Waals surface area contributed by atoms with Crippen LogP contribution in [-0.2, 0) is 4.79 Å². The van der Waals surface area contributed by atoms with Crippen LogP contribution < -0.4 is 10.6 Å².